The maximum absolute atomic E-state index is 10.8. The molecule has 2 aliphatic rings. The van der Waals surface area contributed by atoms with Crippen LogP contribution in [-0.2, 0) is 4.79 Å². The molecule has 0 aromatic rings. The Kier molecular flexibility index (Phi) is 2.87. The van der Waals surface area contributed by atoms with Gasteiger partial charge in [-0.3, -0.25) is 4.79 Å². The van der Waals surface area contributed by atoms with Crippen molar-refractivity contribution in [2.75, 3.05) is 0 Å². The Bertz CT molecular complexity index is 367. The zero-order chi connectivity index (χ0) is 12.8. The SMILES string of the molecule is C[C@H](CC(=O)O)C1=C[C@]2(C)CC2CC(C)(C)C1. The maximum atomic E-state index is 10.8. The Morgan fingerprint density at radius 1 is 1.47 bits per heavy atom. The van der Waals surface area contributed by atoms with Crippen LogP contribution in [0, 0.1) is 22.7 Å². The third-order valence-electron chi connectivity index (χ3n) is 4.57. The van der Waals surface area contributed by atoms with E-state index < -0.39 is 5.97 Å². The molecule has 1 unspecified atom stereocenters. The van der Waals surface area contributed by atoms with Gasteiger partial charge in [-0.05, 0) is 41.9 Å². The van der Waals surface area contributed by atoms with Crippen molar-refractivity contribution in [3.63, 3.8) is 0 Å². The predicted molar refractivity (Wildman–Crippen MR) is 68.7 cm³/mol. The molecule has 0 spiro atoms. The minimum Gasteiger partial charge on any atom is -0.481 e. The number of carboxylic acid groups (broad SMARTS) is 1. The molecule has 0 heterocycles. The van der Waals surface area contributed by atoms with Crippen molar-refractivity contribution < 1.29 is 9.90 Å². The van der Waals surface area contributed by atoms with Gasteiger partial charge in [0.2, 0.25) is 0 Å². The average molecular weight is 236 g/mol. The summed E-state index contributed by atoms with van der Waals surface area (Å²) in [6.45, 7) is 9.02. The molecule has 0 radical (unpaired) electrons. The fourth-order valence-corrected chi connectivity index (χ4v) is 3.43. The van der Waals surface area contributed by atoms with Gasteiger partial charge in [-0.15, -0.1) is 0 Å². The van der Waals surface area contributed by atoms with Crippen LogP contribution >= 0.6 is 0 Å². The lowest BCUT2D eigenvalue weighted by Gasteiger charge is -2.27. The normalized spacial score (nSPS) is 36.5. The molecule has 0 aliphatic heterocycles. The van der Waals surface area contributed by atoms with Gasteiger partial charge in [0.25, 0.3) is 0 Å². The van der Waals surface area contributed by atoms with E-state index in [1.54, 1.807) is 0 Å². The largest absolute Gasteiger partial charge is 0.481 e. The number of hydrogen-bond acceptors (Lipinski definition) is 1. The molecule has 2 rings (SSSR count). The van der Waals surface area contributed by atoms with Gasteiger partial charge in [-0.25, -0.2) is 0 Å². The molecule has 2 nitrogen and oxygen atoms in total. The summed E-state index contributed by atoms with van der Waals surface area (Å²) < 4.78 is 0. The average Bonchev–Trinajstić information content (AvgIpc) is 2.72. The van der Waals surface area contributed by atoms with Crippen LogP contribution in [0.2, 0.25) is 0 Å². The molecule has 0 aromatic carbocycles. The summed E-state index contributed by atoms with van der Waals surface area (Å²) in [6, 6.07) is 0. The maximum Gasteiger partial charge on any atom is 0.303 e. The smallest absolute Gasteiger partial charge is 0.303 e. The van der Waals surface area contributed by atoms with Crippen LogP contribution in [0.3, 0.4) is 0 Å². The van der Waals surface area contributed by atoms with Gasteiger partial charge in [0, 0.05) is 0 Å². The fourth-order valence-electron chi connectivity index (χ4n) is 3.43. The number of fused-ring (bicyclic) bond motifs is 1. The molecular formula is C15H24O2. The Morgan fingerprint density at radius 3 is 2.71 bits per heavy atom. The topological polar surface area (TPSA) is 37.3 Å². The highest BCUT2D eigenvalue weighted by Gasteiger charge is 2.52. The van der Waals surface area contributed by atoms with Crippen molar-refractivity contribution in [2.45, 2.75) is 53.4 Å². The van der Waals surface area contributed by atoms with E-state index in [-0.39, 0.29) is 12.3 Å². The number of hydrogen-bond donors (Lipinski definition) is 1. The van der Waals surface area contributed by atoms with Crippen molar-refractivity contribution >= 4 is 5.97 Å². The van der Waals surface area contributed by atoms with E-state index in [9.17, 15) is 4.79 Å². The summed E-state index contributed by atoms with van der Waals surface area (Å²) >= 11 is 0. The number of allylic oxidation sites excluding steroid dienone is 2. The molecule has 0 saturated heterocycles. The molecule has 0 bridgehead atoms. The Labute approximate surface area is 104 Å². The van der Waals surface area contributed by atoms with Crippen LogP contribution in [-0.4, -0.2) is 11.1 Å². The highest BCUT2D eigenvalue weighted by Crippen LogP contribution is 2.61. The van der Waals surface area contributed by atoms with Gasteiger partial charge in [-0.2, -0.15) is 0 Å². The van der Waals surface area contributed by atoms with Gasteiger partial charge in [0.15, 0.2) is 0 Å². The van der Waals surface area contributed by atoms with Crippen molar-refractivity contribution in [1.29, 1.82) is 0 Å². The monoisotopic (exact) mass is 236 g/mol. The van der Waals surface area contributed by atoms with Crippen molar-refractivity contribution in [3.8, 4) is 0 Å². The van der Waals surface area contributed by atoms with E-state index in [1.165, 1.54) is 18.4 Å². The molecular weight excluding hydrogens is 212 g/mol. The minimum absolute atomic E-state index is 0.183. The molecule has 1 N–H and O–H groups in total. The number of carboxylic acids is 1. The molecule has 0 amide bonds. The van der Waals surface area contributed by atoms with Gasteiger partial charge in [-0.1, -0.05) is 39.3 Å². The third-order valence-corrected chi connectivity index (χ3v) is 4.57. The van der Waals surface area contributed by atoms with Crippen LogP contribution in [0.15, 0.2) is 11.6 Å². The summed E-state index contributed by atoms with van der Waals surface area (Å²) in [5.41, 5.74) is 2.08. The Hall–Kier alpha value is -0.790. The summed E-state index contributed by atoms with van der Waals surface area (Å²) in [4.78, 5) is 10.8. The second-order valence-corrected chi connectivity index (χ2v) is 7.17. The summed E-state index contributed by atoms with van der Waals surface area (Å²) in [7, 11) is 0. The van der Waals surface area contributed by atoms with E-state index in [0.717, 1.165) is 12.3 Å². The van der Waals surface area contributed by atoms with Crippen LogP contribution in [0.4, 0.5) is 0 Å². The molecule has 3 atom stereocenters. The summed E-state index contributed by atoms with van der Waals surface area (Å²) in [5.74, 6) is 0.327. The first-order valence-corrected chi connectivity index (χ1v) is 6.65. The van der Waals surface area contributed by atoms with Crippen molar-refractivity contribution in [3.05, 3.63) is 11.6 Å². The molecule has 17 heavy (non-hydrogen) atoms. The van der Waals surface area contributed by atoms with Crippen LogP contribution in [0.1, 0.15) is 53.4 Å². The van der Waals surface area contributed by atoms with Gasteiger partial charge >= 0.3 is 5.97 Å². The van der Waals surface area contributed by atoms with Crippen LogP contribution in [0.5, 0.6) is 0 Å². The van der Waals surface area contributed by atoms with E-state index in [1.807, 2.05) is 0 Å². The number of carbonyl (C=O) groups is 1. The van der Waals surface area contributed by atoms with Gasteiger partial charge < -0.3 is 5.11 Å². The lowest BCUT2D eigenvalue weighted by molar-refractivity contribution is -0.137. The van der Waals surface area contributed by atoms with Crippen LogP contribution in [0.25, 0.3) is 0 Å². The highest BCUT2D eigenvalue weighted by molar-refractivity contribution is 5.67. The Morgan fingerprint density at radius 2 is 2.12 bits per heavy atom. The van der Waals surface area contributed by atoms with E-state index in [4.69, 9.17) is 5.11 Å². The fraction of sp³-hybridized carbons (Fsp3) is 0.800. The summed E-state index contributed by atoms with van der Waals surface area (Å²) in [5, 5.41) is 8.93. The molecule has 96 valence electrons. The van der Waals surface area contributed by atoms with Crippen molar-refractivity contribution in [2.24, 2.45) is 22.7 Å². The quantitative estimate of drug-likeness (QED) is 0.755. The molecule has 0 aromatic heterocycles. The lowest BCUT2D eigenvalue weighted by Crippen LogP contribution is -2.16. The zero-order valence-electron chi connectivity index (χ0n) is 11.4. The van der Waals surface area contributed by atoms with Crippen molar-refractivity contribution in [1.82, 2.24) is 0 Å². The number of aliphatic carboxylic acids is 1. The predicted octanol–water partition coefficient (Wildman–Crippen LogP) is 3.87. The van der Waals surface area contributed by atoms with Gasteiger partial charge in [0.1, 0.15) is 0 Å². The highest BCUT2D eigenvalue weighted by atomic mass is 16.4. The first kappa shape index (κ1) is 12.7. The Balaban J connectivity index is 2.19. The van der Waals surface area contributed by atoms with Crippen LogP contribution < -0.4 is 0 Å². The second kappa shape index (κ2) is 3.86. The van der Waals surface area contributed by atoms with E-state index >= 15 is 0 Å². The summed E-state index contributed by atoms with van der Waals surface area (Å²) in [6.07, 6.45) is 6.30. The zero-order valence-corrected chi connectivity index (χ0v) is 11.4. The lowest BCUT2D eigenvalue weighted by atomic mass is 9.78. The third kappa shape index (κ3) is 2.72. The molecule has 2 heteroatoms. The second-order valence-electron chi connectivity index (χ2n) is 7.17. The first-order chi connectivity index (χ1) is 7.72. The molecule has 1 fully saturated rings. The molecule has 2 aliphatic carbocycles. The van der Waals surface area contributed by atoms with E-state index in [2.05, 4.69) is 33.8 Å². The molecule has 1 saturated carbocycles. The van der Waals surface area contributed by atoms with E-state index in [0.29, 0.717) is 10.8 Å². The minimum atomic E-state index is -0.682. The first-order valence-electron chi connectivity index (χ1n) is 6.65. The number of rotatable bonds is 3. The standard InChI is InChI=1S/C15H24O2/c1-10(5-13(16)17)11-6-14(2,3)8-12-9-15(12,4)7-11/h7,10,12H,5-6,8-9H2,1-4H3,(H,16,17)/t10-,12?,15-/m1/s1. The van der Waals surface area contributed by atoms with Gasteiger partial charge in [0.05, 0.1) is 6.42 Å².